The number of fused-ring (bicyclic) bond motifs is 6. The summed E-state index contributed by atoms with van der Waals surface area (Å²) in [5.74, 6) is 2.13. The predicted molar refractivity (Wildman–Crippen MR) is 138 cm³/mol. The van der Waals surface area contributed by atoms with E-state index >= 15 is 0 Å². The molecule has 2 saturated carbocycles. The number of hydrogen-bond acceptors (Lipinski definition) is 4. The molecule has 2 heterocycles. The van der Waals surface area contributed by atoms with Crippen LogP contribution in [0, 0.1) is 24.7 Å². The van der Waals surface area contributed by atoms with Crippen LogP contribution in [0.4, 0.5) is 5.69 Å². The van der Waals surface area contributed by atoms with Crippen LogP contribution >= 0.6 is 39.0 Å². The van der Waals surface area contributed by atoms with Crippen LogP contribution in [0.25, 0.3) is 0 Å². The monoisotopic (exact) mass is 540 g/mol. The van der Waals surface area contributed by atoms with Crippen molar-refractivity contribution in [3.63, 3.8) is 0 Å². The number of aromatic nitrogens is 1. The number of rotatable bonds is 4. The van der Waals surface area contributed by atoms with Gasteiger partial charge >= 0.3 is 4.87 Å². The van der Waals surface area contributed by atoms with Crippen molar-refractivity contribution >= 4 is 50.6 Å². The second-order valence-electron chi connectivity index (χ2n) is 9.56. The largest absolute Gasteiger partial charge is 0.325 e. The number of nitrogens with one attached hydrogen (secondary N) is 1. The Morgan fingerprint density at radius 2 is 1.82 bits per heavy atom. The van der Waals surface area contributed by atoms with Crippen molar-refractivity contribution < 1.29 is 4.79 Å². The first-order valence-corrected chi connectivity index (χ1v) is 14.0. The summed E-state index contributed by atoms with van der Waals surface area (Å²) in [7, 11) is 0. The minimum atomic E-state index is -0.155. The molecule has 33 heavy (non-hydrogen) atoms. The first-order valence-electron chi connectivity index (χ1n) is 11.5. The van der Waals surface area contributed by atoms with Gasteiger partial charge in [0.1, 0.15) is 6.54 Å². The van der Waals surface area contributed by atoms with Crippen LogP contribution in [0.15, 0.2) is 62.8 Å². The maximum Gasteiger partial charge on any atom is 0.308 e. The molecule has 1 aliphatic heterocycles. The highest BCUT2D eigenvalue weighted by atomic mass is 79.9. The summed E-state index contributed by atoms with van der Waals surface area (Å²) in [6.45, 7) is 2.08. The van der Waals surface area contributed by atoms with Gasteiger partial charge in [0, 0.05) is 26.2 Å². The Balaban J connectivity index is 1.36. The highest BCUT2D eigenvalue weighted by Crippen LogP contribution is 2.64. The van der Waals surface area contributed by atoms with Gasteiger partial charge in [-0.25, -0.2) is 0 Å². The minimum absolute atomic E-state index is 0.0269. The summed E-state index contributed by atoms with van der Waals surface area (Å²) in [5, 5.41) is 4.51. The van der Waals surface area contributed by atoms with Crippen molar-refractivity contribution in [2.75, 3.05) is 5.32 Å². The van der Waals surface area contributed by atoms with Crippen LogP contribution in [0.1, 0.15) is 41.2 Å². The normalized spacial score (nSPS) is 27.3. The Morgan fingerprint density at radius 3 is 2.58 bits per heavy atom. The number of benzene rings is 2. The lowest BCUT2D eigenvalue weighted by Crippen LogP contribution is -2.34. The number of thiazole rings is 1. The topological polar surface area (TPSA) is 51.1 Å². The zero-order chi connectivity index (χ0) is 22.7. The number of carbonyl (C=O) groups excluding carboxylic acids is 1. The Labute approximate surface area is 209 Å². The highest BCUT2D eigenvalue weighted by Gasteiger charge is 2.55. The molecular weight excluding hydrogens is 516 g/mol. The molecule has 1 N–H and O–H groups in total. The van der Waals surface area contributed by atoms with Crippen LogP contribution < -0.4 is 10.2 Å². The molecular formula is C26H25BrN2O2S2. The molecule has 0 spiro atoms. The van der Waals surface area contributed by atoms with Gasteiger partial charge in [0.2, 0.25) is 5.91 Å². The fourth-order valence-corrected chi connectivity index (χ4v) is 9.53. The number of nitrogens with zero attached hydrogens (tertiary/aromatic N) is 1. The van der Waals surface area contributed by atoms with Gasteiger partial charge in [-0.15, -0.1) is 11.8 Å². The minimum Gasteiger partial charge on any atom is -0.325 e. The summed E-state index contributed by atoms with van der Waals surface area (Å²) in [6.07, 6.45) is 3.91. The lowest BCUT2D eigenvalue weighted by Gasteiger charge is -2.40. The van der Waals surface area contributed by atoms with Gasteiger partial charge in [0.05, 0.1) is 5.03 Å². The van der Waals surface area contributed by atoms with E-state index in [4.69, 9.17) is 0 Å². The molecule has 170 valence electrons. The predicted octanol–water partition coefficient (Wildman–Crippen LogP) is 6.27. The SMILES string of the molecule is Cc1ccc(NC(=O)Cn2c3c(sc2=O)[C@@H](c2ccc(Br)cc2)C2C4CCC(C4)C2S3)cc1. The zero-order valence-corrected chi connectivity index (χ0v) is 21.5. The smallest absolute Gasteiger partial charge is 0.308 e. The van der Waals surface area contributed by atoms with E-state index in [2.05, 4.69) is 45.5 Å². The fourth-order valence-electron chi connectivity index (χ4n) is 6.11. The average molecular weight is 542 g/mol. The first kappa shape index (κ1) is 21.7. The Bertz CT molecular complexity index is 1260. The Kier molecular flexibility index (Phi) is 5.54. The Hall–Kier alpha value is -1.83. The van der Waals surface area contributed by atoms with E-state index in [0.717, 1.165) is 37.5 Å². The van der Waals surface area contributed by atoms with Crippen LogP contribution in [-0.4, -0.2) is 15.7 Å². The molecule has 6 rings (SSSR count). The number of halogens is 1. The van der Waals surface area contributed by atoms with E-state index in [9.17, 15) is 9.59 Å². The standard InChI is InChI=1S/C26H25BrN2O2S2/c1-14-2-10-19(11-3-14)28-20(30)13-29-25-24(33-26(29)31)21(15-6-8-18(27)9-7-15)22-16-4-5-17(12-16)23(22)32-25/h2-3,6-11,16-17,21-23H,4-5,12-13H2,1H3,(H,28,30)/t16?,17?,21-,22?,23?/m0/s1. The lowest BCUT2D eigenvalue weighted by atomic mass is 9.75. The van der Waals surface area contributed by atoms with E-state index < -0.39 is 0 Å². The number of hydrogen-bond donors (Lipinski definition) is 1. The maximum atomic E-state index is 13.1. The summed E-state index contributed by atoms with van der Waals surface area (Å²) < 4.78 is 2.79. The first-order chi connectivity index (χ1) is 16.0. The van der Waals surface area contributed by atoms with E-state index in [1.165, 1.54) is 36.2 Å². The highest BCUT2D eigenvalue weighted by molar-refractivity contribution is 9.10. The van der Waals surface area contributed by atoms with Crippen molar-refractivity contribution in [3.05, 3.63) is 78.7 Å². The molecule has 7 heteroatoms. The van der Waals surface area contributed by atoms with Crippen molar-refractivity contribution in [3.8, 4) is 0 Å². The third-order valence-electron chi connectivity index (χ3n) is 7.56. The van der Waals surface area contributed by atoms with Crippen molar-refractivity contribution in [1.29, 1.82) is 0 Å². The number of thioether (sulfide) groups is 1. The summed E-state index contributed by atoms with van der Waals surface area (Å²) in [5.41, 5.74) is 3.20. The maximum absolute atomic E-state index is 13.1. The fraction of sp³-hybridized carbons (Fsp3) is 0.385. The van der Waals surface area contributed by atoms with Crippen LogP contribution in [0.5, 0.6) is 0 Å². The van der Waals surface area contributed by atoms with Gasteiger partial charge in [-0.3, -0.25) is 14.2 Å². The van der Waals surface area contributed by atoms with Crippen molar-refractivity contribution in [2.24, 2.45) is 17.8 Å². The molecule has 1 amide bonds. The molecule has 1 aromatic heterocycles. The molecule has 5 atom stereocenters. The second-order valence-corrected chi connectivity index (χ2v) is 12.6. The van der Waals surface area contributed by atoms with Crippen molar-refractivity contribution in [2.45, 2.75) is 48.9 Å². The molecule has 2 bridgehead atoms. The molecule has 4 nitrogen and oxygen atoms in total. The van der Waals surface area contributed by atoms with E-state index in [1.54, 1.807) is 4.57 Å². The lowest BCUT2D eigenvalue weighted by molar-refractivity contribution is -0.116. The summed E-state index contributed by atoms with van der Waals surface area (Å²) in [4.78, 5) is 27.1. The number of aryl methyl sites for hydroxylation is 1. The van der Waals surface area contributed by atoms with Crippen LogP contribution in [0.3, 0.4) is 0 Å². The number of carbonyl (C=O) groups is 1. The summed E-state index contributed by atoms with van der Waals surface area (Å²) in [6, 6.07) is 16.4. The van der Waals surface area contributed by atoms with Gasteiger partial charge < -0.3 is 5.32 Å². The molecule has 4 unspecified atom stereocenters. The third-order valence-corrected chi connectivity index (χ3v) is 10.9. The van der Waals surface area contributed by atoms with Gasteiger partial charge in [0.25, 0.3) is 0 Å². The van der Waals surface area contributed by atoms with E-state index in [-0.39, 0.29) is 23.2 Å². The molecule has 3 aromatic rings. The zero-order valence-electron chi connectivity index (χ0n) is 18.3. The molecule has 0 saturated heterocycles. The Morgan fingerprint density at radius 1 is 1.09 bits per heavy atom. The van der Waals surface area contributed by atoms with Crippen LogP contribution in [-0.2, 0) is 11.3 Å². The molecule has 2 aliphatic carbocycles. The molecule has 2 aromatic carbocycles. The van der Waals surface area contributed by atoms with Gasteiger partial charge in [-0.1, -0.05) is 57.1 Å². The van der Waals surface area contributed by atoms with E-state index in [0.29, 0.717) is 11.2 Å². The summed E-state index contributed by atoms with van der Waals surface area (Å²) >= 11 is 6.78. The van der Waals surface area contributed by atoms with E-state index in [1.807, 2.05) is 43.0 Å². The van der Waals surface area contributed by atoms with Crippen LogP contribution in [0.2, 0.25) is 0 Å². The quantitative estimate of drug-likeness (QED) is 0.424. The average Bonchev–Trinajstić information content (AvgIpc) is 3.49. The third kappa shape index (κ3) is 3.82. The molecule has 2 fully saturated rings. The number of amides is 1. The van der Waals surface area contributed by atoms with Gasteiger partial charge in [-0.05, 0) is 73.8 Å². The molecule has 3 aliphatic rings. The van der Waals surface area contributed by atoms with Gasteiger partial charge in [-0.2, -0.15) is 0 Å². The number of anilines is 1. The van der Waals surface area contributed by atoms with Gasteiger partial charge in [0.15, 0.2) is 0 Å². The second kappa shape index (κ2) is 8.43. The molecule has 0 radical (unpaired) electrons. The van der Waals surface area contributed by atoms with Crippen molar-refractivity contribution in [1.82, 2.24) is 4.57 Å².